The number of ether oxygens (including phenoxy) is 3. The highest BCUT2D eigenvalue weighted by Gasteiger charge is 2.38. The van der Waals surface area contributed by atoms with E-state index in [1.807, 2.05) is 130 Å². The van der Waals surface area contributed by atoms with E-state index in [1.165, 1.54) is 4.90 Å². The number of fused-ring (bicyclic) bond motifs is 2. The first-order valence-corrected chi connectivity index (χ1v) is 21.9. The van der Waals surface area contributed by atoms with Gasteiger partial charge in [-0.1, -0.05) is 96.0 Å². The van der Waals surface area contributed by atoms with E-state index in [-0.39, 0.29) is 32.0 Å². The SMILES string of the molecule is Cc1nccc(-c2ccc(CC(NC(=O)C3Cc4cc5c(cc4CN3C(=O)NC(C)c3ccccc3)OC(c3ccc(OCCc4ccc(Cl)c(Cl)c4)cc3)CO5)C(=O)O)cc2)c1C. The lowest BCUT2D eigenvalue weighted by Crippen LogP contribution is -2.57. The zero-order valence-corrected chi connectivity index (χ0v) is 37.2. The number of carboxylic acid groups (broad SMARTS) is 1. The quantitative estimate of drug-likeness (QED) is 0.104. The summed E-state index contributed by atoms with van der Waals surface area (Å²) in [6.45, 7) is 6.64. The second kappa shape index (κ2) is 19.5. The molecule has 328 valence electrons. The molecular weight excluding hydrogens is 851 g/mol. The summed E-state index contributed by atoms with van der Waals surface area (Å²) in [5.74, 6) is 0.0000199. The number of hydrogen-bond acceptors (Lipinski definition) is 7. The van der Waals surface area contributed by atoms with E-state index in [4.69, 9.17) is 37.4 Å². The minimum atomic E-state index is -1.25. The largest absolute Gasteiger partial charge is 0.493 e. The fourth-order valence-electron chi connectivity index (χ4n) is 8.09. The van der Waals surface area contributed by atoms with Crippen molar-refractivity contribution in [2.45, 2.75) is 70.8 Å². The van der Waals surface area contributed by atoms with Gasteiger partial charge in [-0.25, -0.2) is 9.59 Å². The summed E-state index contributed by atoms with van der Waals surface area (Å²) >= 11 is 12.2. The molecule has 64 heavy (non-hydrogen) atoms. The summed E-state index contributed by atoms with van der Waals surface area (Å²) in [6, 6.07) is 33.0. The Labute approximate surface area is 382 Å². The number of hydrogen-bond donors (Lipinski definition) is 3. The Morgan fingerprint density at radius 2 is 1.59 bits per heavy atom. The summed E-state index contributed by atoms with van der Waals surface area (Å²) in [4.78, 5) is 46.9. The van der Waals surface area contributed by atoms with Crippen molar-refractivity contribution >= 4 is 41.1 Å². The Hall–Kier alpha value is -6.56. The number of rotatable bonds is 13. The fourth-order valence-corrected chi connectivity index (χ4v) is 8.41. The zero-order chi connectivity index (χ0) is 44.9. The van der Waals surface area contributed by atoms with E-state index >= 15 is 0 Å². The van der Waals surface area contributed by atoms with Gasteiger partial charge in [0.1, 0.15) is 24.4 Å². The molecule has 0 bridgehead atoms. The van der Waals surface area contributed by atoms with Crippen LogP contribution in [0, 0.1) is 13.8 Å². The van der Waals surface area contributed by atoms with E-state index in [1.54, 1.807) is 12.3 Å². The molecule has 8 rings (SSSR count). The molecule has 3 N–H and O–H groups in total. The van der Waals surface area contributed by atoms with E-state index in [0.29, 0.717) is 40.3 Å². The lowest BCUT2D eigenvalue weighted by molar-refractivity contribution is -0.142. The normalized spacial score (nSPS) is 16.2. The maximum absolute atomic E-state index is 14.3. The lowest BCUT2D eigenvalue weighted by atomic mass is 9.92. The molecule has 0 saturated carbocycles. The summed E-state index contributed by atoms with van der Waals surface area (Å²) in [6.07, 6.45) is 2.21. The number of aryl methyl sites for hydroxylation is 1. The summed E-state index contributed by atoms with van der Waals surface area (Å²) in [5.41, 5.74) is 9.17. The highest BCUT2D eigenvalue weighted by atomic mass is 35.5. The third-order valence-corrected chi connectivity index (χ3v) is 12.7. The van der Waals surface area contributed by atoms with Gasteiger partial charge in [-0.3, -0.25) is 9.78 Å². The fraction of sp³-hybridized carbons (Fsp3) is 0.255. The van der Waals surface area contributed by atoms with Crippen LogP contribution in [0.25, 0.3) is 11.1 Å². The molecule has 0 spiro atoms. The number of nitrogens with one attached hydrogen (secondary N) is 2. The first-order valence-electron chi connectivity index (χ1n) is 21.2. The van der Waals surface area contributed by atoms with Crippen molar-refractivity contribution in [3.8, 4) is 28.4 Å². The van der Waals surface area contributed by atoms with Crippen LogP contribution in [0.4, 0.5) is 4.79 Å². The highest BCUT2D eigenvalue weighted by Crippen LogP contribution is 2.41. The molecular formula is C51H48Cl2N4O7. The van der Waals surface area contributed by atoms with Crippen LogP contribution in [0.1, 0.15) is 63.7 Å². The molecule has 2 aliphatic rings. The van der Waals surface area contributed by atoms with Gasteiger partial charge in [0, 0.05) is 37.7 Å². The summed E-state index contributed by atoms with van der Waals surface area (Å²) in [7, 11) is 0. The van der Waals surface area contributed by atoms with Crippen molar-refractivity contribution in [1.82, 2.24) is 20.5 Å². The minimum absolute atomic E-state index is 0.0475. The van der Waals surface area contributed by atoms with Crippen molar-refractivity contribution in [2.24, 2.45) is 0 Å². The van der Waals surface area contributed by atoms with Gasteiger partial charge in [0.25, 0.3) is 0 Å². The molecule has 4 atom stereocenters. The van der Waals surface area contributed by atoms with Crippen LogP contribution < -0.4 is 24.8 Å². The number of nitrogens with zero attached hydrogens (tertiary/aromatic N) is 2. The highest BCUT2D eigenvalue weighted by molar-refractivity contribution is 6.42. The third kappa shape index (κ3) is 10.1. The molecule has 4 unspecified atom stereocenters. The van der Waals surface area contributed by atoms with Crippen molar-refractivity contribution in [3.05, 3.63) is 176 Å². The lowest BCUT2D eigenvalue weighted by Gasteiger charge is -2.38. The van der Waals surface area contributed by atoms with Gasteiger partial charge in [0.05, 0.1) is 22.7 Å². The van der Waals surface area contributed by atoms with Crippen LogP contribution in [0.5, 0.6) is 17.2 Å². The van der Waals surface area contributed by atoms with Gasteiger partial charge < -0.3 is 34.9 Å². The summed E-state index contributed by atoms with van der Waals surface area (Å²) in [5, 5.41) is 17.2. The maximum Gasteiger partial charge on any atom is 0.326 e. The van der Waals surface area contributed by atoms with Crippen molar-refractivity contribution < 1.29 is 33.7 Å². The molecule has 1 aromatic heterocycles. The van der Waals surface area contributed by atoms with E-state index in [2.05, 4.69) is 15.6 Å². The Bertz CT molecular complexity index is 2660. The smallest absolute Gasteiger partial charge is 0.326 e. The zero-order valence-electron chi connectivity index (χ0n) is 35.6. The van der Waals surface area contributed by atoms with Crippen molar-refractivity contribution in [1.29, 1.82) is 0 Å². The van der Waals surface area contributed by atoms with Crippen LogP contribution >= 0.6 is 23.2 Å². The molecule has 11 nitrogen and oxygen atoms in total. The minimum Gasteiger partial charge on any atom is -0.493 e. The molecule has 0 radical (unpaired) electrons. The van der Waals surface area contributed by atoms with Crippen molar-refractivity contribution in [2.75, 3.05) is 13.2 Å². The topological polar surface area (TPSA) is 139 Å². The molecule has 0 saturated heterocycles. The molecule has 3 heterocycles. The van der Waals surface area contributed by atoms with Crippen LogP contribution in [-0.4, -0.2) is 58.2 Å². The van der Waals surface area contributed by atoms with Gasteiger partial charge in [-0.2, -0.15) is 0 Å². The van der Waals surface area contributed by atoms with Gasteiger partial charge in [-0.05, 0) is 113 Å². The number of pyridine rings is 1. The van der Waals surface area contributed by atoms with Crippen LogP contribution in [-0.2, 0) is 35.4 Å². The predicted octanol–water partition coefficient (Wildman–Crippen LogP) is 9.82. The molecule has 0 fully saturated rings. The number of carboxylic acids is 1. The molecule has 3 amide bonds. The standard InChI is InChI=1S/C51H48Cl2N4O7/c1-30-31(2)54-21-19-41(30)36-12-9-33(10-13-36)24-44(50(59)60)56-49(58)45-25-38-26-46-47(27-39(38)28-57(45)51(61)55-32(3)35-7-5-4-6-8-35)64-48(29-63-46)37-14-16-40(17-15-37)62-22-20-34-11-18-42(52)43(53)23-34/h4-19,21,23,26-27,32,44-45,48H,20,22,24-25,28-29H2,1-3H3,(H,55,61)(H,56,58)(H,59,60). The summed E-state index contributed by atoms with van der Waals surface area (Å²) < 4.78 is 18.7. The van der Waals surface area contributed by atoms with Gasteiger partial charge in [-0.15, -0.1) is 0 Å². The van der Waals surface area contributed by atoms with Gasteiger partial charge >= 0.3 is 12.0 Å². The van der Waals surface area contributed by atoms with Crippen LogP contribution in [0.15, 0.2) is 121 Å². The number of halogens is 2. The average molecular weight is 900 g/mol. The first-order chi connectivity index (χ1) is 30.9. The number of benzene rings is 5. The number of amides is 3. The van der Waals surface area contributed by atoms with Gasteiger partial charge in [0.15, 0.2) is 17.6 Å². The molecule has 6 aromatic rings. The molecule has 13 heteroatoms. The Morgan fingerprint density at radius 1 is 0.859 bits per heavy atom. The maximum atomic E-state index is 14.3. The van der Waals surface area contributed by atoms with Crippen LogP contribution in [0.3, 0.4) is 0 Å². The first kappa shape index (κ1) is 44.1. The Balaban J connectivity index is 0.972. The number of urea groups is 1. The average Bonchev–Trinajstić information content (AvgIpc) is 3.30. The number of aliphatic carboxylic acids is 1. The molecule has 5 aromatic carbocycles. The second-order valence-electron chi connectivity index (χ2n) is 16.2. The van der Waals surface area contributed by atoms with Gasteiger partial charge in [0.2, 0.25) is 5.91 Å². The van der Waals surface area contributed by atoms with E-state index in [9.17, 15) is 19.5 Å². The number of aromatic nitrogens is 1. The van der Waals surface area contributed by atoms with E-state index < -0.39 is 36.1 Å². The third-order valence-electron chi connectivity index (χ3n) is 11.9. The molecule has 2 aliphatic heterocycles. The number of carbonyl (C=O) groups is 3. The Kier molecular flexibility index (Phi) is 13.4. The monoisotopic (exact) mass is 898 g/mol. The number of carbonyl (C=O) groups excluding carboxylic acids is 2. The molecule has 0 aliphatic carbocycles. The van der Waals surface area contributed by atoms with E-state index in [0.717, 1.165) is 55.8 Å². The Morgan fingerprint density at radius 3 is 2.33 bits per heavy atom. The predicted molar refractivity (Wildman–Crippen MR) is 246 cm³/mol. The van der Waals surface area contributed by atoms with Crippen LogP contribution in [0.2, 0.25) is 10.0 Å². The second-order valence-corrected chi connectivity index (χ2v) is 17.0. The van der Waals surface area contributed by atoms with Crippen molar-refractivity contribution in [3.63, 3.8) is 0 Å².